The van der Waals surface area contributed by atoms with Gasteiger partial charge in [-0.1, -0.05) is 36.4 Å². The van der Waals surface area contributed by atoms with E-state index in [2.05, 4.69) is 12.6 Å². The maximum atomic E-state index is 12.8. The van der Waals surface area contributed by atoms with Gasteiger partial charge in [0.25, 0.3) is 0 Å². The van der Waals surface area contributed by atoms with Crippen LogP contribution in [0.1, 0.15) is 24.8 Å². The minimum absolute atomic E-state index is 0.0788. The number of nitriles is 1. The first-order valence-corrected chi connectivity index (χ1v) is 9.83. The summed E-state index contributed by atoms with van der Waals surface area (Å²) in [4.78, 5) is 28.8. The van der Waals surface area contributed by atoms with Crippen molar-refractivity contribution >= 4 is 17.5 Å². The third-order valence-electron chi connectivity index (χ3n) is 4.60. The SMILES string of the molecule is C=CCN(Cc1ccc(OC)cc1)C(=O)CCC(=O)N(CCC#N)c1ccccc1. The number of benzene rings is 2. The van der Waals surface area contributed by atoms with Gasteiger partial charge in [-0.2, -0.15) is 5.26 Å². The number of ether oxygens (including phenoxy) is 1. The highest BCUT2D eigenvalue weighted by Crippen LogP contribution is 2.17. The van der Waals surface area contributed by atoms with E-state index in [9.17, 15) is 9.59 Å². The largest absolute Gasteiger partial charge is 0.497 e. The van der Waals surface area contributed by atoms with E-state index >= 15 is 0 Å². The molecule has 6 nitrogen and oxygen atoms in total. The van der Waals surface area contributed by atoms with Crippen molar-refractivity contribution in [2.75, 3.05) is 25.1 Å². The van der Waals surface area contributed by atoms with Crippen molar-refractivity contribution < 1.29 is 14.3 Å². The molecule has 0 aliphatic rings. The minimum atomic E-state index is -0.173. The monoisotopic (exact) mass is 405 g/mol. The summed E-state index contributed by atoms with van der Waals surface area (Å²) in [5.41, 5.74) is 1.70. The molecule has 2 rings (SSSR count). The van der Waals surface area contributed by atoms with Crippen LogP contribution in [-0.2, 0) is 16.1 Å². The lowest BCUT2D eigenvalue weighted by molar-refractivity contribution is -0.133. The van der Waals surface area contributed by atoms with Crippen molar-refractivity contribution in [3.63, 3.8) is 0 Å². The second-order valence-corrected chi connectivity index (χ2v) is 6.70. The third kappa shape index (κ3) is 6.78. The average Bonchev–Trinajstić information content (AvgIpc) is 2.78. The molecule has 0 bridgehead atoms. The second kappa shape index (κ2) is 12.1. The number of hydrogen-bond donors (Lipinski definition) is 0. The fourth-order valence-electron chi connectivity index (χ4n) is 3.04. The number of rotatable bonds is 11. The maximum Gasteiger partial charge on any atom is 0.227 e. The van der Waals surface area contributed by atoms with Crippen LogP contribution in [0.25, 0.3) is 0 Å². The molecule has 0 N–H and O–H groups in total. The maximum absolute atomic E-state index is 12.8. The highest BCUT2D eigenvalue weighted by molar-refractivity contribution is 5.95. The number of carbonyl (C=O) groups is 2. The number of para-hydroxylation sites is 1. The van der Waals surface area contributed by atoms with Crippen LogP contribution < -0.4 is 9.64 Å². The lowest BCUT2D eigenvalue weighted by atomic mass is 10.1. The molecule has 0 radical (unpaired) electrons. The van der Waals surface area contributed by atoms with Crippen molar-refractivity contribution in [3.05, 3.63) is 72.8 Å². The summed E-state index contributed by atoms with van der Waals surface area (Å²) in [7, 11) is 1.61. The molecule has 2 aromatic carbocycles. The van der Waals surface area contributed by atoms with E-state index in [0.717, 1.165) is 17.0 Å². The number of anilines is 1. The van der Waals surface area contributed by atoms with Crippen molar-refractivity contribution in [1.82, 2.24) is 4.90 Å². The van der Waals surface area contributed by atoms with Gasteiger partial charge in [-0.25, -0.2) is 0 Å². The zero-order valence-corrected chi connectivity index (χ0v) is 17.3. The predicted octanol–water partition coefficient (Wildman–Crippen LogP) is 3.94. The predicted molar refractivity (Wildman–Crippen MR) is 117 cm³/mol. The molecule has 0 aliphatic heterocycles. The van der Waals surface area contributed by atoms with Gasteiger partial charge in [0, 0.05) is 38.2 Å². The summed E-state index contributed by atoms with van der Waals surface area (Å²) in [5.74, 6) is 0.462. The Morgan fingerprint density at radius 1 is 1.07 bits per heavy atom. The molecular formula is C24H27N3O3. The second-order valence-electron chi connectivity index (χ2n) is 6.70. The zero-order valence-electron chi connectivity index (χ0n) is 17.3. The summed E-state index contributed by atoms with van der Waals surface area (Å²) in [6.07, 6.45) is 2.08. The van der Waals surface area contributed by atoms with Gasteiger partial charge in [0.2, 0.25) is 11.8 Å². The Balaban J connectivity index is 2.00. The molecule has 0 spiro atoms. The molecule has 156 valence electrons. The van der Waals surface area contributed by atoms with Gasteiger partial charge < -0.3 is 14.5 Å². The minimum Gasteiger partial charge on any atom is -0.497 e. The Hall–Kier alpha value is -3.59. The van der Waals surface area contributed by atoms with Gasteiger partial charge >= 0.3 is 0 Å². The third-order valence-corrected chi connectivity index (χ3v) is 4.60. The molecule has 0 unspecified atom stereocenters. The normalized spacial score (nSPS) is 10.0. The molecular weight excluding hydrogens is 378 g/mol. The molecule has 0 saturated carbocycles. The lowest BCUT2D eigenvalue weighted by Crippen LogP contribution is -2.35. The van der Waals surface area contributed by atoms with Crippen LogP contribution in [0, 0.1) is 11.3 Å². The molecule has 2 amide bonds. The van der Waals surface area contributed by atoms with Crippen LogP contribution in [0.15, 0.2) is 67.3 Å². The van der Waals surface area contributed by atoms with Crippen LogP contribution in [0.5, 0.6) is 5.75 Å². The summed E-state index contributed by atoms with van der Waals surface area (Å²) in [6.45, 7) is 4.86. The van der Waals surface area contributed by atoms with Crippen molar-refractivity contribution in [2.45, 2.75) is 25.8 Å². The molecule has 0 heterocycles. The first-order valence-electron chi connectivity index (χ1n) is 9.83. The lowest BCUT2D eigenvalue weighted by Gasteiger charge is -2.24. The molecule has 0 saturated heterocycles. The van der Waals surface area contributed by atoms with Crippen LogP contribution in [0.2, 0.25) is 0 Å². The topological polar surface area (TPSA) is 73.6 Å². The molecule has 0 atom stereocenters. The highest BCUT2D eigenvalue weighted by atomic mass is 16.5. The van der Waals surface area contributed by atoms with Gasteiger partial charge in [-0.3, -0.25) is 9.59 Å². The van der Waals surface area contributed by atoms with Crippen molar-refractivity contribution in [1.29, 1.82) is 5.26 Å². The fourth-order valence-corrected chi connectivity index (χ4v) is 3.04. The zero-order chi connectivity index (χ0) is 21.8. The summed E-state index contributed by atoms with van der Waals surface area (Å²) in [5, 5.41) is 8.90. The van der Waals surface area contributed by atoms with Crippen LogP contribution in [-0.4, -0.2) is 36.9 Å². The Labute approximate surface area is 178 Å². The first-order chi connectivity index (χ1) is 14.6. The summed E-state index contributed by atoms with van der Waals surface area (Å²) in [6, 6.07) is 18.8. The number of methoxy groups -OCH3 is 1. The van der Waals surface area contributed by atoms with Gasteiger partial charge in [0.1, 0.15) is 5.75 Å². The number of amides is 2. The quantitative estimate of drug-likeness (QED) is 0.531. The first kappa shape index (κ1) is 22.7. The average molecular weight is 405 g/mol. The molecule has 0 aliphatic carbocycles. The number of carbonyl (C=O) groups excluding carboxylic acids is 2. The fraction of sp³-hybridized carbons (Fsp3) is 0.292. The Kier molecular flexibility index (Phi) is 9.14. The molecule has 6 heteroatoms. The molecule has 30 heavy (non-hydrogen) atoms. The van der Waals surface area contributed by atoms with E-state index in [0.29, 0.717) is 19.6 Å². The smallest absolute Gasteiger partial charge is 0.227 e. The summed E-state index contributed by atoms with van der Waals surface area (Å²) < 4.78 is 5.16. The summed E-state index contributed by atoms with van der Waals surface area (Å²) >= 11 is 0. The number of nitrogens with zero attached hydrogens (tertiary/aromatic N) is 3. The standard InChI is InChI=1S/C24H27N3O3/c1-3-17-26(19-20-10-12-22(30-2)13-11-20)23(28)14-15-24(29)27(18-7-16-25)21-8-5-4-6-9-21/h3-6,8-13H,1,7,14-15,17-19H2,2H3. The van der Waals surface area contributed by atoms with Crippen LogP contribution >= 0.6 is 0 Å². The van der Waals surface area contributed by atoms with E-state index in [-0.39, 0.29) is 31.1 Å². The molecule has 0 fully saturated rings. The van der Waals surface area contributed by atoms with Crippen LogP contribution in [0.3, 0.4) is 0 Å². The highest BCUT2D eigenvalue weighted by Gasteiger charge is 2.19. The Morgan fingerprint density at radius 3 is 2.33 bits per heavy atom. The van der Waals surface area contributed by atoms with E-state index < -0.39 is 0 Å². The molecule has 2 aromatic rings. The van der Waals surface area contributed by atoms with Crippen molar-refractivity contribution in [3.8, 4) is 11.8 Å². The van der Waals surface area contributed by atoms with Gasteiger partial charge in [0.15, 0.2) is 0 Å². The van der Waals surface area contributed by atoms with E-state index in [1.807, 2.05) is 54.6 Å². The number of hydrogen-bond acceptors (Lipinski definition) is 4. The van der Waals surface area contributed by atoms with Gasteiger partial charge in [-0.05, 0) is 29.8 Å². The van der Waals surface area contributed by atoms with Crippen molar-refractivity contribution in [2.24, 2.45) is 0 Å². The Morgan fingerprint density at radius 2 is 1.73 bits per heavy atom. The van der Waals surface area contributed by atoms with Crippen LogP contribution in [0.4, 0.5) is 5.69 Å². The Bertz CT molecular complexity index is 873. The molecule has 0 aromatic heterocycles. The van der Waals surface area contributed by atoms with Gasteiger partial charge in [0.05, 0.1) is 19.6 Å². The van der Waals surface area contributed by atoms with E-state index in [1.165, 1.54) is 0 Å². The van der Waals surface area contributed by atoms with E-state index in [4.69, 9.17) is 10.00 Å². The van der Waals surface area contributed by atoms with Gasteiger partial charge in [-0.15, -0.1) is 6.58 Å². The van der Waals surface area contributed by atoms with E-state index in [1.54, 1.807) is 23.0 Å².